The molecule has 0 aliphatic heterocycles. The average Bonchev–Trinajstić information content (AvgIpc) is 3.21. The highest BCUT2D eigenvalue weighted by Crippen LogP contribution is 2.28. The highest BCUT2D eigenvalue weighted by atomic mass is 16.6. The lowest BCUT2D eigenvalue weighted by Gasteiger charge is -2.21. The number of aryl methyl sites for hydroxylation is 2. The quantitative estimate of drug-likeness (QED) is 0.207. The van der Waals surface area contributed by atoms with Crippen molar-refractivity contribution in [2.75, 3.05) is 0 Å². The standard InChI is InChI=1S/C33H40N2O2/c1-6-8-13-24-18-20-30-29(22-24)34-31(16-9-7-2)35(30)23-25-17-19-27(26-14-11-10-12-15-26)28(21-25)32(36)37-33(3,4)5/h10-12,14-15,17-22H,6-9,13,16,23H2,1-5H3. The molecule has 0 N–H and O–H groups in total. The fourth-order valence-corrected chi connectivity index (χ4v) is 4.71. The molecule has 1 aromatic heterocycles. The molecule has 0 radical (unpaired) electrons. The number of unbranched alkanes of at least 4 members (excludes halogenated alkanes) is 2. The van der Waals surface area contributed by atoms with E-state index < -0.39 is 5.60 Å². The SMILES string of the molecule is CCCCc1ccc2c(c1)nc(CCCC)n2Cc1ccc(-c2ccccc2)c(C(=O)OC(C)(C)C)c1. The molecule has 1 heterocycles. The van der Waals surface area contributed by atoms with Gasteiger partial charge in [-0.3, -0.25) is 0 Å². The summed E-state index contributed by atoms with van der Waals surface area (Å²) in [6.45, 7) is 10.8. The number of ether oxygens (including phenoxy) is 1. The van der Waals surface area contributed by atoms with E-state index in [0.29, 0.717) is 12.1 Å². The molecule has 0 aliphatic rings. The minimum atomic E-state index is -0.565. The molecular weight excluding hydrogens is 456 g/mol. The van der Waals surface area contributed by atoms with Crippen LogP contribution in [0, 0.1) is 0 Å². The minimum Gasteiger partial charge on any atom is -0.456 e. The van der Waals surface area contributed by atoms with Gasteiger partial charge in [-0.15, -0.1) is 0 Å². The van der Waals surface area contributed by atoms with Crippen LogP contribution in [-0.4, -0.2) is 21.1 Å². The van der Waals surface area contributed by atoms with Crippen LogP contribution in [0.5, 0.6) is 0 Å². The Balaban J connectivity index is 1.75. The maximum absolute atomic E-state index is 13.3. The molecule has 4 aromatic rings. The number of benzene rings is 3. The number of fused-ring (bicyclic) bond motifs is 1. The van der Waals surface area contributed by atoms with E-state index in [1.165, 1.54) is 18.4 Å². The monoisotopic (exact) mass is 496 g/mol. The van der Waals surface area contributed by atoms with E-state index >= 15 is 0 Å². The van der Waals surface area contributed by atoms with E-state index in [-0.39, 0.29) is 5.97 Å². The van der Waals surface area contributed by atoms with E-state index in [4.69, 9.17) is 9.72 Å². The molecule has 4 rings (SSSR count). The smallest absolute Gasteiger partial charge is 0.339 e. The van der Waals surface area contributed by atoms with Crippen molar-refractivity contribution in [2.45, 2.75) is 85.3 Å². The van der Waals surface area contributed by atoms with Gasteiger partial charge in [-0.25, -0.2) is 9.78 Å². The van der Waals surface area contributed by atoms with Gasteiger partial charge in [0.15, 0.2) is 0 Å². The van der Waals surface area contributed by atoms with E-state index in [1.807, 2.05) is 57.2 Å². The van der Waals surface area contributed by atoms with E-state index in [2.05, 4.69) is 48.7 Å². The summed E-state index contributed by atoms with van der Waals surface area (Å²) in [6, 6.07) is 22.9. The lowest BCUT2D eigenvalue weighted by Crippen LogP contribution is -2.24. The minimum absolute atomic E-state index is 0.296. The van der Waals surface area contributed by atoms with Crippen molar-refractivity contribution >= 4 is 17.0 Å². The molecule has 0 fully saturated rings. The Morgan fingerprint density at radius 3 is 2.27 bits per heavy atom. The predicted octanol–water partition coefficient (Wildman–Crippen LogP) is 8.39. The first-order valence-electron chi connectivity index (χ1n) is 13.7. The summed E-state index contributed by atoms with van der Waals surface area (Å²) < 4.78 is 8.13. The van der Waals surface area contributed by atoms with E-state index in [1.54, 1.807) is 0 Å². The van der Waals surface area contributed by atoms with Crippen LogP contribution in [0.2, 0.25) is 0 Å². The van der Waals surface area contributed by atoms with E-state index in [0.717, 1.165) is 59.2 Å². The Kier molecular flexibility index (Phi) is 8.48. The molecule has 0 saturated carbocycles. The normalized spacial score (nSPS) is 11.7. The maximum atomic E-state index is 13.3. The van der Waals surface area contributed by atoms with Gasteiger partial charge in [0, 0.05) is 13.0 Å². The number of nitrogens with zero attached hydrogens (tertiary/aromatic N) is 2. The Hall–Kier alpha value is -3.40. The predicted molar refractivity (Wildman–Crippen MR) is 153 cm³/mol. The van der Waals surface area contributed by atoms with Crippen molar-refractivity contribution in [3.63, 3.8) is 0 Å². The molecular formula is C33H40N2O2. The first-order valence-corrected chi connectivity index (χ1v) is 13.7. The molecule has 0 bridgehead atoms. The fraction of sp³-hybridized carbons (Fsp3) is 0.394. The molecule has 194 valence electrons. The van der Waals surface area contributed by atoms with Crippen LogP contribution in [0.3, 0.4) is 0 Å². The number of carbonyl (C=O) groups is 1. The molecule has 4 nitrogen and oxygen atoms in total. The highest BCUT2D eigenvalue weighted by molar-refractivity contribution is 5.97. The van der Waals surface area contributed by atoms with Gasteiger partial charge < -0.3 is 9.30 Å². The Labute approximate surface area is 221 Å². The number of hydrogen-bond acceptors (Lipinski definition) is 3. The van der Waals surface area contributed by atoms with Crippen LogP contribution in [0.15, 0.2) is 66.7 Å². The second kappa shape index (κ2) is 11.8. The molecule has 37 heavy (non-hydrogen) atoms. The number of carbonyl (C=O) groups excluding carboxylic acids is 1. The van der Waals surface area contributed by atoms with Gasteiger partial charge in [-0.1, -0.05) is 75.2 Å². The number of esters is 1. The van der Waals surface area contributed by atoms with E-state index in [9.17, 15) is 4.79 Å². The zero-order valence-electron chi connectivity index (χ0n) is 23.0. The van der Waals surface area contributed by atoms with Crippen LogP contribution < -0.4 is 0 Å². The fourth-order valence-electron chi connectivity index (χ4n) is 4.71. The van der Waals surface area contributed by atoms with Crippen molar-refractivity contribution < 1.29 is 9.53 Å². The molecule has 0 spiro atoms. The number of hydrogen-bond donors (Lipinski definition) is 0. The van der Waals surface area contributed by atoms with Crippen molar-refractivity contribution in [1.29, 1.82) is 0 Å². The van der Waals surface area contributed by atoms with Gasteiger partial charge in [0.05, 0.1) is 16.6 Å². The zero-order chi connectivity index (χ0) is 26.4. The summed E-state index contributed by atoms with van der Waals surface area (Å²) in [5.74, 6) is 0.811. The van der Waals surface area contributed by atoms with Gasteiger partial charge in [0.25, 0.3) is 0 Å². The van der Waals surface area contributed by atoms with Gasteiger partial charge >= 0.3 is 5.97 Å². The third kappa shape index (κ3) is 6.68. The van der Waals surface area contributed by atoms with Crippen molar-refractivity contribution in [3.05, 3.63) is 89.2 Å². The zero-order valence-corrected chi connectivity index (χ0v) is 23.0. The highest BCUT2D eigenvalue weighted by Gasteiger charge is 2.22. The van der Waals surface area contributed by atoms with Crippen molar-refractivity contribution in [3.8, 4) is 11.1 Å². The third-order valence-corrected chi connectivity index (χ3v) is 6.59. The summed E-state index contributed by atoms with van der Waals surface area (Å²) in [6.07, 6.45) is 6.63. The maximum Gasteiger partial charge on any atom is 0.339 e. The topological polar surface area (TPSA) is 44.1 Å². The van der Waals surface area contributed by atoms with Gasteiger partial charge in [-0.2, -0.15) is 0 Å². The second-order valence-electron chi connectivity index (χ2n) is 10.9. The molecule has 0 amide bonds. The van der Waals surface area contributed by atoms with Crippen LogP contribution >= 0.6 is 0 Å². The largest absolute Gasteiger partial charge is 0.456 e. The van der Waals surface area contributed by atoms with Crippen molar-refractivity contribution in [2.24, 2.45) is 0 Å². The summed E-state index contributed by atoms with van der Waals surface area (Å²) in [5.41, 5.74) is 6.55. The Morgan fingerprint density at radius 1 is 0.865 bits per heavy atom. The lowest BCUT2D eigenvalue weighted by molar-refractivity contribution is 0.00703. The Bertz CT molecular complexity index is 1350. The Morgan fingerprint density at radius 2 is 1.57 bits per heavy atom. The summed E-state index contributed by atoms with van der Waals surface area (Å²) in [4.78, 5) is 18.4. The van der Waals surface area contributed by atoms with Crippen LogP contribution in [0.1, 0.15) is 87.6 Å². The molecule has 0 aliphatic carbocycles. The van der Waals surface area contributed by atoms with Gasteiger partial charge in [0.2, 0.25) is 0 Å². The summed E-state index contributed by atoms with van der Waals surface area (Å²) in [7, 11) is 0. The number of rotatable bonds is 10. The number of aromatic nitrogens is 2. The van der Waals surface area contributed by atoms with Gasteiger partial charge in [-0.05, 0) is 80.5 Å². The van der Waals surface area contributed by atoms with Crippen LogP contribution in [0.4, 0.5) is 0 Å². The molecule has 3 aromatic carbocycles. The second-order valence-corrected chi connectivity index (χ2v) is 10.9. The van der Waals surface area contributed by atoms with Crippen LogP contribution in [-0.2, 0) is 24.1 Å². The molecule has 4 heteroatoms. The van der Waals surface area contributed by atoms with Gasteiger partial charge in [0.1, 0.15) is 11.4 Å². The molecule has 0 saturated heterocycles. The van der Waals surface area contributed by atoms with Crippen LogP contribution in [0.25, 0.3) is 22.2 Å². The third-order valence-electron chi connectivity index (χ3n) is 6.59. The molecule has 0 unspecified atom stereocenters. The first kappa shape index (κ1) is 26.7. The average molecular weight is 497 g/mol. The molecule has 0 atom stereocenters. The number of imidazole rings is 1. The first-order chi connectivity index (χ1) is 17.8. The lowest BCUT2D eigenvalue weighted by atomic mass is 9.97. The summed E-state index contributed by atoms with van der Waals surface area (Å²) >= 11 is 0. The summed E-state index contributed by atoms with van der Waals surface area (Å²) in [5, 5.41) is 0. The van der Waals surface area contributed by atoms with Crippen molar-refractivity contribution in [1.82, 2.24) is 9.55 Å².